The van der Waals surface area contributed by atoms with Gasteiger partial charge in [-0.1, -0.05) is 5.16 Å². The molecule has 3 N–H and O–H groups in total. The van der Waals surface area contributed by atoms with E-state index in [-0.39, 0.29) is 23.0 Å². The first-order valence-corrected chi connectivity index (χ1v) is 12.2. The first-order chi connectivity index (χ1) is 16.3. The van der Waals surface area contributed by atoms with Crippen LogP contribution in [0.1, 0.15) is 26.0 Å². The molecule has 1 aromatic rings. The van der Waals surface area contributed by atoms with Gasteiger partial charge in [0.1, 0.15) is 23.1 Å². The summed E-state index contributed by atoms with van der Waals surface area (Å²) in [7, 11) is -1.86. The Morgan fingerprint density at radius 2 is 2.09 bits per heavy atom. The van der Waals surface area contributed by atoms with Crippen molar-refractivity contribution in [1.82, 2.24) is 15.2 Å². The number of thiazole rings is 1. The zero-order chi connectivity index (χ0) is 25.9. The van der Waals surface area contributed by atoms with E-state index in [4.69, 9.17) is 15.3 Å². The number of nitrogens with zero attached hydrogens (tertiary/aromatic N) is 3. The molecule has 188 valence electrons. The van der Waals surface area contributed by atoms with Gasteiger partial charge >= 0.3 is 5.97 Å². The number of nitrogen functional groups attached to an aromatic ring is 1. The van der Waals surface area contributed by atoms with Crippen molar-refractivity contribution in [3.8, 4) is 0 Å². The molecule has 2 amide bonds. The number of ether oxygens (including phenoxy) is 1. The van der Waals surface area contributed by atoms with Gasteiger partial charge in [0.25, 0.3) is 11.8 Å². The summed E-state index contributed by atoms with van der Waals surface area (Å²) in [4.78, 5) is 70.3. The predicted octanol–water partition coefficient (Wildman–Crippen LogP) is -4.60. The van der Waals surface area contributed by atoms with Crippen molar-refractivity contribution in [2.24, 2.45) is 11.1 Å². The number of fused-ring (bicyclic) bond motifs is 3. The number of hydrogen-bond donors (Lipinski definition) is 2. The number of carbonyl (C=O) groups is 5. The molecule has 3 aliphatic rings. The van der Waals surface area contributed by atoms with Crippen LogP contribution in [0.3, 0.4) is 0 Å². The second-order valence-electron chi connectivity index (χ2n) is 8.36. The highest BCUT2D eigenvalue weighted by Crippen LogP contribution is 2.47. The minimum atomic E-state index is -2.42. The third-order valence-corrected chi connectivity index (χ3v) is 8.11. The molecule has 35 heavy (non-hydrogen) atoms. The Hall–Kier alpha value is -3.60. The Morgan fingerprint density at radius 1 is 1.40 bits per heavy atom. The fraction of sp³-hybridized carbons (Fsp3) is 0.500. The Bertz CT molecular complexity index is 1210. The lowest BCUT2D eigenvalue weighted by atomic mass is 9.89. The number of rotatable bonds is 7. The zero-order valence-corrected chi connectivity index (χ0v) is 19.7. The molecule has 0 saturated carbocycles. The fourth-order valence-electron chi connectivity index (χ4n) is 3.89. The van der Waals surface area contributed by atoms with E-state index in [1.807, 2.05) is 0 Å². The maximum Gasteiger partial charge on any atom is 0.308 e. The van der Waals surface area contributed by atoms with Crippen LogP contribution in [0.5, 0.6) is 0 Å². The number of carboxylic acids is 2. The molecule has 0 aliphatic carbocycles. The number of nitrogens with two attached hydrogens (primary N) is 1. The van der Waals surface area contributed by atoms with Crippen LogP contribution in [0.2, 0.25) is 0 Å². The third-order valence-electron chi connectivity index (χ3n) is 5.69. The highest BCUT2D eigenvalue weighted by molar-refractivity contribution is 7.85. The maximum absolute atomic E-state index is 13.0. The number of nitrogens with one attached hydrogen (secondary N) is 1. The van der Waals surface area contributed by atoms with E-state index in [9.17, 15) is 38.4 Å². The minimum absolute atomic E-state index is 0.0453. The molecule has 3 fully saturated rings. The van der Waals surface area contributed by atoms with Crippen LogP contribution in [-0.2, 0) is 44.3 Å². The highest BCUT2D eigenvalue weighted by Gasteiger charge is 2.70. The molecule has 3 saturated heterocycles. The van der Waals surface area contributed by atoms with Crippen LogP contribution < -0.4 is 21.3 Å². The van der Waals surface area contributed by atoms with Crippen molar-refractivity contribution < 1.29 is 48.0 Å². The summed E-state index contributed by atoms with van der Waals surface area (Å²) in [6.45, 7) is 2.24. The van der Waals surface area contributed by atoms with Crippen LogP contribution in [0.15, 0.2) is 10.5 Å². The van der Waals surface area contributed by atoms with Crippen molar-refractivity contribution in [2.75, 3.05) is 11.5 Å². The lowest BCUT2D eigenvalue weighted by Crippen LogP contribution is -2.84. The summed E-state index contributed by atoms with van der Waals surface area (Å²) in [5.41, 5.74) is 0.563. The van der Waals surface area contributed by atoms with Crippen molar-refractivity contribution in [1.29, 1.82) is 0 Å². The van der Waals surface area contributed by atoms with Gasteiger partial charge in [0.05, 0.1) is 12.4 Å². The molecular weight excluding hydrogens is 510 g/mol. The highest BCUT2D eigenvalue weighted by atomic mass is 32.2. The summed E-state index contributed by atoms with van der Waals surface area (Å²) in [5.74, 6) is -7.78. The van der Waals surface area contributed by atoms with E-state index in [0.29, 0.717) is 4.90 Å². The lowest BCUT2D eigenvalue weighted by molar-refractivity contribution is -0.340. The molecule has 0 radical (unpaired) electrons. The van der Waals surface area contributed by atoms with Crippen LogP contribution in [0, 0.1) is 5.92 Å². The smallest absolute Gasteiger partial charge is 0.308 e. The molecule has 15 nitrogen and oxygen atoms in total. The Labute approximate surface area is 202 Å². The van der Waals surface area contributed by atoms with Gasteiger partial charge in [-0.2, -0.15) is 0 Å². The lowest BCUT2D eigenvalue weighted by Gasteiger charge is -2.58. The normalized spacial score (nSPS) is 30.0. The monoisotopic (exact) mass is 527 g/mol. The number of esters is 1. The van der Waals surface area contributed by atoms with Crippen molar-refractivity contribution in [3.63, 3.8) is 0 Å². The Morgan fingerprint density at radius 3 is 2.66 bits per heavy atom. The van der Waals surface area contributed by atoms with E-state index in [1.165, 1.54) is 5.38 Å². The van der Waals surface area contributed by atoms with E-state index in [0.717, 1.165) is 25.2 Å². The summed E-state index contributed by atoms with van der Waals surface area (Å²) < 4.78 is 17.8. The van der Waals surface area contributed by atoms with E-state index in [2.05, 4.69) is 15.5 Å². The molecule has 0 spiro atoms. The van der Waals surface area contributed by atoms with Crippen molar-refractivity contribution in [2.45, 2.75) is 43.0 Å². The van der Waals surface area contributed by atoms with Crippen LogP contribution >= 0.6 is 11.3 Å². The summed E-state index contributed by atoms with van der Waals surface area (Å²) in [6.07, 6.45) is -0.360. The number of aliphatic carboxylic acids is 2. The van der Waals surface area contributed by atoms with Gasteiger partial charge in [0, 0.05) is 27.9 Å². The van der Waals surface area contributed by atoms with E-state index >= 15 is 0 Å². The molecule has 1 aromatic heterocycles. The van der Waals surface area contributed by atoms with Gasteiger partial charge in [-0.3, -0.25) is 23.5 Å². The van der Waals surface area contributed by atoms with E-state index < -0.39 is 74.9 Å². The fourth-order valence-corrected chi connectivity index (χ4v) is 6.36. The average molecular weight is 527 g/mol. The zero-order valence-electron chi connectivity index (χ0n) is 18.0. The molecule has 3 aliphatic heterocycles. The van der Waals surface area contributed by atoms with Gasteiger partial charge in [-0.05, 0) is 13.8 Å². The van der Waals surface area contributed by atoms with Gasteiger partial charge in [0.15, 0.2) is 16.4 Å². The largest absolute Gasteiger partial charge is 0.546 e. The number of hydrogen-bond acceptors (Lipinski definition) is 14. The first-order valence-electron chi connectivity index (χ1n) is 9.93. The predicted molar refractivity (Wildman–Crippen MR) is 111 cm³/mol. The first kappa shape index (κ1) is 24.5. The third kappa shape index (κ3) is 3.79. The summed E-state index contributed by atoms with van der Waals surface area (Å²) in [6, 6.07) is -1.48. The molecule has 0 aromatic carbocycles. The molecule has 4 heterocycles. The molecule has 4 rings (SSSR count). The van der Waals surface area contributed by atoms with Crippen molar-refractivity contribution >= 4 is 62.7 Å². The average Bonchev–Trinajstić information content (AvgIpc) is 3.33. The number of β-lactam (4-membered cyclic amide) rings is 1. The molecule has 5 atom stereocenters. The van der Waals surface area contributed by atoms with E-state index in [1.54, 1.807) is 0 Å². The minimum Gasteiger partial charge on any atom is -0.546 e. The second kappa shape index (κ2) is 8.26. The summed E-state index contributed by atoms with van der Waals surface area (Å²) >= 11 is 0.938. The standard InChI is InChI=1S/C18H19N5O10S2/c1-17(2,14(27)28)33-22-9(7-4-34-16(19)20-7)11(25)21-10-12(26)23-13(10)35(31)5-6-3-8(24)32-18(6,23)15(29)30/h4,6,10,13H,3,5H2,1-2H3,(H2,19,20)(H,21,25)(H,27,28)(H,29,30)/p-2/b22-9-/t6-,10+,13+,18+,35+/m0/s1. The quantitative estimate of drug-likeness (QED) is 0.147. The van der Waals surface area contributed by atoms with Crippen LogP contribution in [-0.4, -0.2) is 78.0 Å². The Kier molecular flexibility index (Phi) is 5.79. The number of carboxylic acid groups (broad SMARTS) is 2. The molecule has 17 heteroatoms. The molecule has 0 bridgehead atoms. The SMILES string of the molecule is CC(C)(O/N=C(\C(=O)N[C@@H]1C(=O)N2[C@@H]1[S@](=O)C[C@@H]1CC(=O)O[C@@]12C(=O)[O-])c1csc(N)n1)C(=O)[O-]. The number of amides is 2. The van der Waals surface area contributed by atoms with Gasteiger partial charge in [-0.15, -0.1) is 11.3 Å². The summed E-state index contributed by atoms with van der Waals surface area (Å²) in [5, 5.41) is 29.0. The molecular formula is C18H17N5O10S2-2. The van der Waals surface area contributed by atoms with Gasteiger partial charge in [-0.25, -0.2) is 4.98 Å². The number of aromatic nitrogens is 1. The molecule has 0 unspecified atom stereocenters. The Balaban J connectivity index is 1.61. The van der Waals surface area contributed by atoms with Crippen LogP contribution in [0.4, 0.5) is 5.13 Å². The van der Waals surface area contributed by atoms with Crippen LogP contribution in [0.25, 0.3) is 0 Å². The number of carbonyl (C=O) groups excluding carboxylic acids is 5. The topological polar surface area (TPSA) is 234 Å². The van der Waals surface area contributed by atoms with Gasteiger partial charge in [0.2, 0.25) is 5.72 Å². The van der Waals surface area contributed by atoms with Gasteiger partial charge < -0.3 is 40.4 Å². The second-order valence-corrected chi connectivity index (χ2v) is 10.8. The van der Waals surface area contributed by atoms with Crippen molar-refractivity contribution in [3.05, 3.63) is 11.1 Å². The number of oxime groups is 1. The maximum atomic E-state index is 13.0. The number of anilines is 1.